The standard InChI is InChI=1S/C27H31NO4/c1-18(24-8-4-6-20-5-2-3-7-25(20)24)28-22-12-9-21(17-22)19-10-13-23(14-11-19)32-26(15-16-29)27(30)31/h2-8,10-11,13-14,18,21-22,26,28-29H,9,12,15-17H2,1H3,(H,30,31). The Morgan fingerprint density at radius 1 is 1.06 bits per heavy atom. The van der Waals surface area contributed by atoms with Crippen molar-refractivity contribution in [2.24, 2.45) is 0 Å². The number of rotatable bonds is 9. The van der Waals surface area contributed by atoms with Gasteiger partial charge in [-0.05, 0) is 66.1 Å². The Hall–Kier alpha value is -2.89. The molecule has 0 heterocycles. The molecule has 1 saturated carbocycles. The van der Waals surface area contributed by atoms with Gasteiger partial charge in [0.1, 0.15) is 5.75 Å². The van der Waals surface area contributed by atoms with Crippen molar-refractivity contribution < 1.29 is 19.7 Å². The van der Waals surface area contributed by atoms with Gasteiger partial charge in [-0.3, -0.25) is 0 Å². The van der Waals surface area contributed by atoms with Gasteiger partial charge in [-0.25, -0.2) is 4.79 Å². The zero-order chi connectivity index (χ0) is 22.5. The minimum Gasteiger partial charge on any atom is -0.479 e. The molecule has 3 N–H and O–H groups in total. The Labute approximate surface area is 189 Å². The summed E-state index contributed by atoms with van der Waals surface area (Å²) in [6.07, 6.45) is 2.39. The van der Waals surface area contributed by atoms with E-state index >= 15 is 0 Å². The third-order valence-electron chi connectivity index (χ3n) is 6.50. The summed E-state index contributed by atoms with van der Waals surface area (Å²) in [5.74, 6) is -0.0611. The van der Waals surface area contributed by atoms with Crippen LogP contribution in [0, 0.1) is 0 Å². The predicted molar refractivity (Wildman–Crippen MR) is 126 cm³/mol. The number of aliphatic hydroxyl groups is 1. The van der Waals surface area contributed by atoms with E-state index in [-0.39, 0.29) is 19.1 Å². The minimum atomic E-state index is -1.06. The fourth-order valence-corrected chi connectivity index (χ4v) is 4.84. The van der Waals surface area contributed by atoms with Gasteiger partial charge in [-0.2, -0.15) is 0 Å². The third kappa shape index (κ3) is 5.12. The Balaban J connectivity index is 1.36. The maximum absolute atomic E-state index is 11.2. The molecule has 4 atom stereocenters. The molecule has 0 aliphatic heterocycles. The maximum atomic E-state index is 11.2. The second-order valence-electron chi connectivity index (χ2n) is 8.69. The van der Waals surface area contributed by atoms with Crippen LogP contribution in [0.3, 0.4) is 0 Å². The van der Waals surface area contributed by atoms with E-state index in [1.54, 1.807) is 0 Å². The van der Waals surface area contributed by atoms with E-state index < -0.39 is 12.1 Å². The summed E-state index contributed by atoms with van der Waals surface area (Å²) in [6.45, 7) is 2.02. The quantitative estimate of drug-likeness (QED) is 0.441. The van der Waals surface area contributed by atoms with Crippen LogP contribution < -0.4 is 10.1 Å². The zero-order valence-electron chi connectivity index (χ0n) is 18.4. The number of aliphatic hydroxyl groups excluding tert-OH is 1. The summed E-state index contributed by atoms with van der Waals surface area (Å²) in [7, 11) is 0. The van der Waals surface area contributed by atoms with Gasteiger partial charge < -0.3 is 20.3 Å². The Bertz CT molecular complexity index is 1040. The van der Waals surface area contributed by atoms with Crippen LogP contribution in [-0.2, 0) is 4.79 Å². The van der Waals surface area contributed by atoms with Crippen LogP contribution in [0.1, 0.15) is 55.7 Å². The molecule has 5 heteroatoms. The van der Waals surface area contributed by atoms with Crippen molar-refractivity contribution in [3.05, 3.63) is 77.9 Å². The highest BCUT2D eigenvalue weighted by Gasteiger charge is 2.27. The molecule has 0 aromatic heterocycles. The van der Waals surface area contributed by atoms with E-state index in [2.05, 4.69) is 54.7 Å². The van der Waals surface area contributed by atoms with Gasteiger partial charge >= 0.3 is 5.97 Å². The monoisotopic (exact) mass is 433 g/mol. The average Bonchev–Trinajstić information content (AvgIpc) is 3.27. The van der Waals surface area contributed by atoms with E-state index in [0.717, 1.165) is 19.3 Å². The second kappa shape index (κ2) is 10.2. The van der Waals surface area contributed by atoms with Crippen molar-refractivity contribution >= 4 is 16.7 Å². The van der Waals surface area contributed by atoms with E-state index in [1.807, 2.05) is 24.3 Å². The van der Waals surface area contributed by atoms with Gasteiger partial charge in [0.15, 0.2) is 6.10 Å². The van der Waals surface area contributed by atoms with E-state index in [9.17, 15) is 9.90 Å². The molecule has 0 amide bonds. The zero-order valence-corrected chi connectivity index (χ0v) is 18.4. The largest absolute Gasteiger partial charge is 0.479 e. The molecule has 3 aromatic rings. The summed E-state index contributed by atoms with van der Waals surface area (Å²) in [4.78, 5) is 11.2. The number of benzene rings is 3. The molecule has 0 spiro atoms. The molecule has 0 radical (unpaired) electrons. The molecule has 1 fully saturated rings. The van der Waals surface area contributed by atoms with Crippen molar-refractivity contribution in [1.82, 2.24) is 5.32 Å². The number of aliphatic carboxylic acids is 1. The van der Waals surface area contributed by atoms with E-state index in [4.69, 9.17) is 9.84 Å². The maximum Gasteiger partial charge on any atom is 0.344 e. The number of fused-ring (bicyclic) bond motifs is 1. The highest BCUT2D eigenvalue weighted by Crippen LogP contribution is 2.36. The highest BCUT2D eigenvalue weighted by atomic mass is 16.5. The lowest BCUT2D eigenvalue weighted by molar-refractivity contribution is -0.145. The van der Waals surface area contributed by atoms with Gasteiger partial charge in [0.25, 0.3) is 0 Å². The van der Waals surface area contributed by atoms with Gasteiger partial charge in [-0.15, -0.1) is 0 Å². The van der Waals surface area contributed by atoms with Crippen LogP contribution >= 0.6 is 0 Å². The third-order valence-corrected chi connectivity index (χ3v) is 6.50. The van der Waals surface area contributed by atoms with Crippen molar-refractivity contribution in [2.45, 2.75) is 56.7 Å². The lowest BCUT2D eigenvalue weighted by Crippen LogP contribution is -2.29. The van der Waals surface area contributed by atoms with Gasteiger partial charge in [0, 0.05) is 25.1 Å². The van der Waals surface area contributed by atoms with Crippen LogP contribution in [0.25, 0.3) is 10.8 Å². The molecule has 4 rings (SSSR count). The summed E-state index contributed by atoms with van der Waals surface area (Å²) < 4.78 is 5.52. The second-order valence-corrected chi connectivity index (χ2v) is 8.69. The number of hydrogen-bond donors (Lipinski definition) is 3. The van der Waals surface area contributed by atoms with Gasteiger partial charge in [0.2, 0.25) is 0 Å². The molecule has 5 nitrogen and oxygen atoms in total. The average molecular weight is 434 g/mol. The molecule has 32 heavy (non-hydrogen) atoms. The molecular weight excluding hydrogens is 402 g/mol. The van der Waals surface area contributed by atoms with E-state index in [0.29, 0.717) is 17.7 Å². The molecule has 3 aromatic carbocycles. The number of carbonyl (C=O) groups is 1. The molecule has 0 saturated heterocycles. The van der Waals surface area contributed by atoms with Crippen molar-refractivity contribution in [1.29, 1.82) is 0 Å². The topological polar surface area (TPSA) is 78.8 Å². The number of hydrogen-bond acceptors (Lipinski definition) is 4. The van der Waals surface area contributed by atoms with Crippen LogP contribution in [-0.4, -0.2) is 34.9 Å². The fourth-order valence-electron chi connectivity index (χ4n) is 4.84. The Morgan fingerprint density at radius 3 is 2.56 bits per heavy atom. The summed E-state index contributed by atoms with van der Waals surface area (Å²) in [6, 6.07) is 23.5. The van der Waals surface area contributed by atoms with Gasteiger partial charge in [-0.1, -0.05) is 54.6 Å². The van der Waals surface area contributed by atoms with E-state index in [1.165, 1.54) is 21.9 Å². The summed E-state index contributed by atoms with van der Waals surface area (Å²) in [5.41, 5.74) is 2.59. The number of carboxylic acid groups (broad SMARTS) is 1. The smallest absolute Gasteiger partial charge is 0.344 e. The number of nitrogens with one attached hydrogen (secondary N) is 1. The Morgan fingerprint density at radius 2 is 1.81 bits per heavy atom. The van der Waals surface area contributed by atoms with Crippen LogP contribution in [0.5, 0.6) is 5.75 Å². The summed E-state index contributed by atoms with van der Waals surface area (Å²) >= 11 is 0. The fraction of sp³-hybridized carbons (Fsp3) is 0.370. The van der Waals surface area contributed by atoms with Crippen molar-refractivity contribution in [3.8, 4) is 5.75 Å². The highest BCUT2D eigenvalue weighted by molar-refractivity contribution is 5.86. The number of carboxylic acids is 1. The lowest BCUT2D eigenvalue weighted by atomic mass is 9.96. The molecular formula is C27H31NO4. The minimum absolute atomic E-state index is 0.0714. The molecule has 4 unspecified atom stereocenters. The van der Waals surface area contributed by atoms with Crippen molar-refractivity contribution in [3.63, 3.8) is 0 Å². The number of ether oxygens (including phenoxy) is 1. The normalized spacial score (nSPS) is 20.2. The molecule has 1 aliphatic rings. The first-order valence-corrected chi connectivity index (χ1v) is 11.4. The first kappa shape index (κ1) is 22.3. The first-order valence-electron chi connectivity index (χ1n) is 11.4. The molecule has 1 aliphatic carbocycles. The Kier molecular flexibility index (Phi) is 7.08. The lowest BCUT2D eigenvalue weighted by Gasteiger charge is -2.22. The van der Waals surface area contributed by atoms with Crippen LogP contribution in [0.4, 0.5) is 0 Å². The summed E-state index contributed by atoms with van der Waals surface area (Å²) in [5, 5.41) is 24.6. The SMILES string of the molecule is CC(NC1CCC(c2ccc(OC(CCO)C(=O)O)cc2)C1)c1cccc2ccccc12. The predicted octanol–water partition coefficient (Wildman–Crippen LogP) is 5.04. The molecule has 0 bridgehead atoms. The van der Waals surface area contributed by atoms with Crippen LogP contribution in [0.15, 0.2) is 66.7 Å². The molecule has 168 valence electrons. The van der Waals surface area contributed by atoms with Crippen LogP contribution in [0.2, 0.25) is 0 Å². The van der Waals surface area contributed by atoms with Gasteiger partial charge in [0.05, 0.1) is 0 Å². The van der Waals surface area contributed by atoms with Crippen molar-refractivity contribution in [2.75, 3.05) is 6.61 Å². The first-order chi connectivity index (χ1) is 15.5.